The topological polar surface area (TPSA) is 81.2 Å². The van der Waals surface area contributed by atoms with Crippen molar-refractivity contribution < 1.29 is 13.2 Å². The van der Waals surface area contributed by atoms with Crippen LogP contribution in [0, 0.1) is 0 Å². The van der Waals surface area contributed by atoms with Crippen LogP contribution in [0.25, 0.3) is 20.7 Å². The molecule has 2 aromatic heterocycles. The molecular formula is C14H13N3O3S2. The van der Waals surface area contributed by atoms with E-state index in [-0.39, 0.29) is 0 Å². The Morgan fingerprint density at radius 1 is 1.18 bits per heavy atom. The van der Waals surface area contributed by atoms with E-state index in [4.69, 9.17) is 4.74 Å². The summed E-state index contributed by atoms with van der Waals surface area (Å²) in [5, 5.41) is 0. The van der Waals surface area contributed by atoms with Crippen molar-refractivity contribution in [2.24, 2.45) is 0 Å². The van der Waals surface area contributed by atoms with Crippen molar-refractivity contribution >= 4 is 37.4 Å². The van der Waals surface area contributed by atoms with E-state index < -0.39 is 10.0 Å². The van der Waals surface area contributed by atoms with Crippen molar-refractivity contribution in [3.63, 3.8) is 0 Å². The summed E-state index contributed by atoms with van der Waals surface area (Å²) in [5.74, 6) is 1.08. The minimum absolute atomic E-state index is 0.303. The normalized spacial score (nSPS) is 11.5. The van der Waals surface area contributed by atoms with Gasteiger partial charge >= 0.3 is 0 Å². The molecule has 0 saturated carbocycles. The van der Waals surface area contributed by atoms with Crippen LogP contribution < -0.4 is 9.46 Å². The minimum Gasteiger partial charge on any atom is -0.497 e. The largest absolute Gasteiger partial charge is 0.497 e. The van der Waals surface area contributed by atoms with E-state index in [9.17, 15) is 8.42 Å². The van der Waals surface area contributed by atoms with Crippen LogP contribution >= 0.6 is 11.3 Å². The van der Waals surface area contributed by atoms with Gasteiger partial charge in [0.25, 0.3) is 0 Å². The van der Waals surface area contributed by atoms with E-state index in [0.29, 0.717) is 16.0 Å². The Labute approximate surface area is 131 Å². The van der Waals surface area contributed by atoms with Crippen molar-refractivity contribution in [2.45, 2.75) is 0 Å². The summed E-state index contributed by atoms with van der Waals surface area (Å²) >= 11 is 1.44. The fraction of sp³-hybridized carbons (Fsp3) is 0.143. The Morgan fingerprint density at radius 3 is 2.55 bits per heavy atom. The summed E-state index contributed by atoms with van der Waals surface area (Å²) in [5.41, 5.74) is 1.71. The quantitative estimate of drug-likeness (QED) is 0.793. The van der Waals surface area contributed by atoms with E-state index in [2.05, 4.69) is 14.7 Å². The fourth-order valence-corrected chi connectivity index (χ4v) is 3.63. The standard InChI is InChI=1S/C14H13N3O3S2/c1-20-10-5-3-9(4-6-10)12-7-11-13(21-12)14(16-8-15-11)17-22(2,18)19/h3-8H,1-2H3,(H,15,16,17). The lowest BCUT2D eigenvalue weighted by Gasteiger charge is -2.02. The Balaban J connectivity index is 2.07. The summed E-state index contributed by atoms with van der Waals surface area (Å²) in [4.78, 5) is 9.19. The first-order chi connectivity index (χ1) is 10.5. The van der Waals surface area contributed by atoms with Gasteiger partial charge in [0.05, 0.1) is 23.6 Å². The van der Waals surface area contributed by atoms with Crippen LogP contribution in [0.3, 0.4) is 0 Å². The number of benzene rings is 1. The Hall–Kier alpha value is -2.19. The Morgan fingerprint density at radius 2 is 1.91 bits per heavy atom. The second kappa shape index (κ2) is 5.54. The van der Waals surface area contributed by atoms with Gasteiger partial charge in [-0.1, -0.05) is 0 Å². The number of thiophene rings is 1. The van der Waals surface area contributed by atoms with Crippen LogP contribution in [0.5, 0.6) is 5.75 Å². The molecule has 3 aromatic rings. The van der Waals surface area contributed by atoms with Gasteiger partial charge in [-0.25, -0.2) is 18.4 Å². The van der Waals surface area contributed by atoms with Gasteiger partial charge in [-0.3, -0.25) is 4.72 Å². The van der Waals surface area contributed by atoms with Gasteiger partial charge in [0, 0.05) is 4.88 Å². The number of nitrogens with one attached hydrogen (secondary N) is 1. The van der Waals surface area contributed by atoms with Crippen LogP contribution in [-0.2, 0) is 10.0 Å². The van der Waals surface area contributed by atoms with Gasteiger partial charge in [0.2, 0.25) is 10.0 Å². The minimum atomic E-state index is -3.38. The molecule has 8 heteroatoms. The summed E-state index contributed by atoms with van der Waals surface area (Å²) in [6.45, 7) is 0. The Kier molecular flexibility index (Phi) is 3.71. The zero-order chi connectivity index (χ0) is 15.7. The highest BCUT2D eigenvalue weighted by atomic mass is 32.2. The van der Waals surface area contributed by atoms with Crippen molar-refractivity contribution in [3.8, 4) is 16.2 Å². The van der Waals surface area contributed by atoms with Crippen molar-refractivity contribution in [1.82, 2.24) is 9.97 Å². The maximum absolute atomic E-state index is 11.4. The second-order valence-electron chi connectivity index (χ2n) is 4.65. The van der Waals surface area contributed by atoms with Gasteiger partial charge in [0.1, 0.15) is 12.1 Å². The molecule has 6 nitrogen and oxygen atoms in total. The number of methoxy groups -OCH3 is 1. The number of nitrogens with zero attached hydrogens (tertiary/aromatic N) is 2. The van der Waals surface area contributed by atoms with Crippen LogP contribution in [0.2, 0.25) is 0 Å². The Bertz CT molecular complexity index is 918. The smallest absolute Gasteiger partial charge is 0.231 e. The maximum Gasteiger partial charge on any atom is 0.231 e. The predicted octanol–water partition coefficient (Wildman–Crippen LogP) is 2.74. The second-order valence-corrected chi connectivity index (χ2v) is 7.45. The van der Waals surface area contributed by atoms with E-state index in [1.54, 1.807) is 7.11 Å². The lowest BCUT2D eigenvalue weighted by Crippen LogP contribution is -2.10. The molecule has 0 saturated heterocycles. The first-order valence-electron chi connectivity index (χ1n) is 6.33. The van der Waals surface area contributed by atoms with E-state index >= 15 is 0 Å². The first kappa shape index (κ1) is 14.7. The average Bonchev–Trinajstić information content (AvgIpc) is 2.91. The zero-order valence-electron chi connectivity index (χ0n) is 11.9. The molecule has 0 atom stereocenters. The highest BCUT2D eigenvalue weighted by molar-refractivity contribution is 7.92. The molecule has 0 aliphatic heterocycles. The van der Waals surface area contributed by atoms with Crippen LogP contribution in [-0.4, -0.2) is 31.8 Å². The molecule has 0 unspecified atom stereocenters. The molecule has 0 aliphatic carbocycles. The summed E-state index contributed by atoms with van der Waals surface area (Å²) in [7, 11) is -1.76. The van der Waals surface area contributed by atoms with E-state index in [0.717, 1.165) is 22.4 Å². The number of rotatable bonds is 4. The number of hydrogen-bond donors (Lipinski definition) is 1. The number of aromatic nitrogens is 2. The number of ether oxygens (including phenoxy) is 1. The van der Waals surface area contributed by atoms with Crippen molar-refractivity contribution in [3.05, 3.63) is 36.7 Å². The fourth-order valence-electron chi connectivity index (χ4n) is 2.00. The van der Waals surface area contributed by atoms with Crippen LogP contribution in [0.1, 0.15) is 0 Å². The molecule has 3 rings (SSSR count). The third-order valence-electron chi connectivity index (χ3n) is 2.97. The third kappa shape index (κ3) is 3.02. The average molecular weight is 335 g/mol. The molecule has 0 fully saturated rings. The van der Waals surface area contributed by atoms with Gasteiger partial charge in [0.15, 0.2) is 5.82 Å². The lowest BCUT2D eigenvalue weighted by atomic mass is 10.2. The molecule has 0 aliphatic rings. The third-order valence-corrected chi connectivity index (χ3v) is 4.71. The molecule has 114 valence electrons. The van der Waals surface area contributed by atoms with Gasteiger partial charge in [-0.15, -0.1) is 11.3 Å². The SMILES string of the molecule is COc1ccc(-c2cc3ncnc(NS(C)(=O)=O)c3s2)cc1. The molecular weight excluding hydrogens is 322 g/mol. The summed E-state index contributed by atoms with van der Waals surface area (Å²) in [6.07, 6.45) is 2.44. The predicted molar refractivity (Wildman–Crippen MR) is 87.9 cm³/mol. The highest BCUT2D eigenvalue weighted by Gasteiger charge is 2.13. The molecule has 1 aromatic carbocycles. The summed E-state index contributed by atoms with van der Waals surface area (Å²) < 4.78 is 31.1. The first-order valence-corrected chi connectivity index (χ1v) is 9.04. The van der Waals surface area contributed by atoms with E-state index in [1.165, 1.54) is 17.7 Å². The van der Waals surface area contributed by atoms with Crippen LogP contribution in [0.4, 0.5) is 5.82 Å². The maximum atomic E-state index is 11.4. The van der Waals surface area contributed by atoms with Crippen molar-refractivity contribution in [2.75, 3.05) is 18.1 Å². The molecule has 2 heterocycles. The number of fused-ring (bicyclic) bond motifs is 1. The lowest BCUT2D eigenvalue weighted by molar-refractivity contribution is 0.415. The van der Waals surface area contributed by atoms with Crippen LogP contribution in [0.15, 0.2) is 36.7 Å². The zero-order valence-corrected chi connectivity index (χ0v) is 13.5. The number of anilines is 1. The van der Waals surface area contributed by atoms with Gasteiger partial charge in [-0.05, 0) is 35.9 Å². The molecule has 0 bridgehead atoms. The highest BCUT2D eigenvalue weighted by Crippen LogP contribution is 2.36. The molecule has 22 heavy (non-hydrogen) atoms. The van der Waals surface area contributed by atoms with E-state index in [1.807, 2.05) is 30.3 Å². The molecule has 0 spiro atoms. The molecule has 0 radical (unpaired) electrons. The van der Waals surface area contributed by atoms with Crippen molar-refractivity contribution in [1.29, 1.82) is 0 Å². The monoisotopic (exact) mass is 335 g/mol. The number of hydrogen-bond acceptors (Lipinski definition) is 6. The molecule has 0 amide bonds. The molecule has 1 N–H and O–H groups in total. The van der Waals surface area contributed by atoms with Gasteiger partial charge in [-0.2, -0.15) is 0 Å². The summed E-state index contributed by atoms with van der Waals surface area (Å²) in [6, 6.07) is 9.56. The number of sulfonamides is 1. The van der Waals surface area contributed by atoms with Gasteiger partial charge < -0.3 is 4.74 Å².